The zero-order valence-corrected chi connectivity index (χ0v) is 11.0. The van der Waals surface area contributed by atoms with Gasteiger partial charge in [0.15, 0.2) is 0 Å². The Hall–Kier alpha value is -0.590. The van der Waals surface area contributed by atoms with Gasteiger partial charge in [-0.25, -0.2) is 0 Å². The Morgan fingerprint density at radius 3 is 2.47 bits per heavy atom. The van der Waals surface area contributed by atoms with Crippen molar-refractivity contribution in [2.24, 2.45) is 5.41 Å². The summed E-state index contributed by atoms with van der Waals surface area (Å²) >= 11 is 0. The van der Waals surface area contributed by atoms with E-state index < -0.39 is 11.5 Å². The zero-order chi connectivity index (χ0) is 12.6. The maximum absolute atomic E-state index is 10.2. The van der Waals surface area contributed by atoms with Crippen LogP contribution in [0.1, 0.15) is 58.3 Å². The van der Waals surface area contributed by atoms with Crippen LogP contribution >= 0.6 is 0 Å². The lowest BCUT2D eigenvalue weighted by Gasteiger charge is -2.34. The summed E-state index contributed by atoms with van der Waals surface area (Å²) in [6, 6.07) is 2.34. The van der Waals surface area contributed by atoms with Gasteiger partial charge in [-0.15, -0.1) is 0 Å². The molecule has 1 N–H and O–H groups in total. The van der Waals surface area contributed by atoms with Crippen molar-refractivity contribution < 1.29 is 9.84 Å². The van der Waals surface area contributed by atoms with Gasteiger partial charge in [-0.2, -0.15) is 5.26 Å². The van der Waals surface area contributed by atoms with Gasteiger partial charge in [0.2, 0.25) is 0 Å². The molecule has 0 radical (unpaired) electrons. The molecule has 1 heterocycles. The van der Waals surface area contributed by atoms with Crippen molar-refractivity contribution >= 4 is 0 Å². The number of hydrogen-bond acceptors (Lipinski definition) is 3. The molecule has 0 saturated carbocycles. The van der Waals surface area contributed by atoms with Crippen LogP contribution in [0.5, 0.6) is 0 Å². The van der Waals surface area contributed by atoms with Crippen molar-refractivity contribution in [3.63, 3.8) is 0 Å². The average molecular weight is 239 g/mol. The van der Waals surface area contributed by atoms with E-state index in [0.717, 1.165) is 12.8 Å². The van der Waals surface area contributed by atoms with Crippen LogP contribution < -0.4 is 0 Å². The van der Waals surface area contributed by atoms with Crippen LogP contribution in [0.4, 0.5) is 0 Å². The molecule has 0 aliphatic carbocycles. The molecule has 0 aromatic rings. The Labute approximate surface area is 105 Å². The van der Waals surface area contributed by atoms with Crippen LogP contribution in [0.3, 0.4) is 0 Å². The van der Waals surface area contributed by atoms with E-state index in [-0.39, 0.29) is 0 Å². The number of nitriles is 1. The summed E-state index contributed by atoms with van der Waals surface area (Å²) in [6.45, 7) is 3.42. The van der Waals surface area contributed by atoms with Gasteiger partial charge in [-0.1, -0.05) is 39.0 Å². The average Bonchev–Trinajstić information content (AvgIpc) is 2.39. The molecule has 0 spiro atoms. The first kappa shape index (κ1) is 14.5. The molecule has 1 aliphatic heterocycles. The maximum atomic E-state index is 10.2. The molecule has 0 aromatic heterocycles. The SMILES string of the molecule is CCCCCCCC(O)C1(C#N)CCOCC1. The van der Waals surface area contributed by atoms with Crippen molar-refractivity contribution in [1.82, 2.24) is 0 Å². The highest BCUT2D eigenvalue weighted by atomic mass is 16.5. The van der Waals surface area contributed by atoms with Gasteiger partial charge in [-0.05, 0) is 19.3 Å². The van der Waals surface area contributed by atoms with E-state index in [2.05, 4.69) is 13.0 Å². The summed E-state index contributed by atoms with van der Waals surface area (Å²) in [5, 5.41) is 19.5. The minimum atomic E-state index is -0.539. The van der Waals surface area contributed by atoms with Crippen molar-refractivity contribution in [1.29, 1.82) is 5.26 Å². The number of unbranched alkanes of at least 4 members (excludes halogenated alkanes) is 4. The molecule has 1 fully saturated rings. The van der Waals surface area contributed by atoms with Gasteiger partial charge in [0, 0.05) is 13.2 Å². The van der Waals surface area contributed by atoms with Crippen LogP contribution in [-0.4, -0.2) is 24.4 Å². The topological polar surface area (TPSA) is 53.2 Å². The first-order valence-electron chi connectivity index (χ1n) is 6.92. The lowest BCUT2D eigenvalue weighted by Crippen LogP contribution is -2.39. The molecule has 98 valence electrons. The summed E-state index contributed by atoms with van der Waals surface area (Å²) < 4.78 is 5.27. The maximum Gasteiger partial charge on any atom is 0.0875 e. The molecule has 3 nitrogen and oxygen atoms in total. The summed E-state index contributed by atoms with van der Waals surface area (Å²) in [5.74, 6) is 0. The summed E-state index contributed by atoms with van der Waals surface area (Å²) in [5.41, 5.74) is -0.539. The van der Waals surface area contributed by atoms with E-state index >= 15 is 0 Å². The Kier molecular flexibility index (Phi) is 6.54. The fourth-order valence-corrected chi connectivity index (χ4v) is 2.47. The molecular weight excluding hydrogens is 214 g/mol. The quantitative estimate of drug-likeness (QED) is 0.695. The Morgan fingerprint density at radius 1 is 1.24 bits per heavy atom. The smallest absolute Gasteiger partial charge is 0.0875 e. The van der Waals surface area contributed by atoms with Crippen LogP contribution in [0, 0.1) is 16.7 Å². The molecule has 1 rings (SSSR count). The molecule has 1 aliphatic rings. The van der Waals surface area contributed by atoms with Gasteiger partial charge in [0.05, 0.1) is 17.6 Å². The third-order valence-corrected chi connectivity index (χ3v) is 3.83. The van der Waals surface area contributed by atoms with Crippen molar-refractivity contribution in [2.75, 3.05) is 13.2 Å². The van der Waals surface area contributed by atoms with Gasteiger partial charge in [0.1, 0.15) is 0 Å². The largest absolute Gasteiger partial charge is 0.391 e. The molecule has 17 heavy (non-hydrogen) atoms. The summed E-state index contributed by atoms with van der Waals surface area (Å²) in [6.07, 6.45) is 7.60. The van der Waals surface area contributed by atoms with Crippen LogP contribution in [0.25, 0.3) is 0 Å². The Morgan fingerprint density at radius 2 is 1.88 bits per heavy atom. The highest BCUT2D eigenvalue weighted by Gasteiger charge is 2.39. The van der Waals surface area contributed by atoms with E-state index in [1.165, 1.54) is 25.7 Å². The summed E-state index contributed by atoms with van der Waals surface area (Å²) in [4.78, 5) is 0. The lowest BCUT2D eigenvalue weighted by atomic mass is 9.75. The van der Waals surface area contributed by atoms with Crippen LogP contribution in [-0.2, 0) is 4.74 Å². The molecule has 1 saturated heterocycles. The Balaban J connectivity index is 2.29. The standard InChI is InChI=1S/C14H25NO2/c1-2-3-4-5-6-7-13(16)14(12-15)8-10-17-11-9-14/h13,16H,2-11H2,1H3. The number of ether oxygens (including phenoxy) is 1. The third kappa shape index (κ3) is 4.29. The Bertz CT molecular complexity index is 241. The molecule has 3 heteroatoms. The summed E-state index contributed by atoms with van der Waals surface area (Å²) in [7, 11) is 0. The monoisotopic (exact) mass is 239 g/mol. The minimum absolute atomic E-state index is 0.474. The second-order valence-corrected chi connectivity index (χ2v) is 5.10. The van der Waals surface area contributed by atoms with Gasteiger partial charge in [0.25, 0.3) is 0 Å². The molecule has 0 amide bonds. The normalized spacial score (nSPS) is 20.8. The first-order chi connectivity index (χ1) is 8.25. The number of nitrogens with zero attached hydrogens (tertiary/aromatic N) is 1. The lowest BCUT2D eigenvalue weighted by molar-refractivity contribution is -0.0334. The van der Waals surface area contributed by atoms with E-state index in [9.17, 15) is 10.4 Å². The van der Waals surface area contributed by atoms with Crippen molar-refractivity contribution in [3.05, 3.63) is 0 Å². The third-order valence-electron chi connectivity index (χ3n) is 3.83. The fraction of sp³-hybridized carbons (Fsp3) is 0.929. The van der Waals surface area contributed by atoms with Gasteiger partial charge in [-0.3, -0.25) is 0 Å². The zero-order valence-electron chi connectivity index (χ0n) is 11.0. The molecular formula is C14H25NO2. The van der Waals surface area contributed by atoms with Crippen molar-refractivity contribution in [2.45, 2.75) is 64.4 Å². The first-order valence-corrected chi connectivity index (χ1v) is 6.92. The fourth-order valence-electron chi connectivity index (χ4n) is 2.47. The predicted molar refractivity (Wildman–Crippen MR) is 67.5 cm³/mol. The van der Waals surface area contributed by atoms with Gasteiger partial charge >= 0.3 is 0 Å². The van der Waals surface area contributed by atoms with Crippen LogP contribution in [0.15, 0.2) is 0 Å². The second-order valence-electron chi connectivity index (χ2n) is 5.10. The highest BCUT2D eigenvalue weighted by Crippen LogP contribution is 2.35. The molecule has 0 aromatic carbocycles. The second kappa shape index (κ2) is 7.68. The number of hydrogen-bond donors (Lipinski definition) is 1. The van der Waals surface area contributed by atoms with E-state index in [1.807, 2.05) is 0 Å². The molecule has 0 bridgehead atoms. The van der Waals surface area contributed by atoms with Gasteiger partial charge < -0.3 is 9.84 Å². The van der Waals surface area contributed by atoms with E-state index in [0.29, 0.717) is 26.1 Å². The number of aliphatic hydroxyl groups excluding tert-OH is 1. The predicted octanol–water partition coefficient (Wildman–Crippen LogP) is 3.03. The van der Waals surface area contributed by atoms with E-state index in [1.54, 1.807) is 0 Å². The molecule has 1 atom stereocenters. The van der Waals surface area contributed by atoms with Crippen molar-refractivity contribution in [3.8, 4) is 6.07 Å². The molecule has 1 unspecified atom stereocenters. The number of rotatable bonds is 7. The van der Waals surface area contributed by atoms with E-state index in [4.69, 9.17) is 4.74 Å². The van der Waals surface area contributed by atoms with Crippen LogP contribution in [0.2, 0.25) is 0 Å². The minimum Gasteiger partial charge on any atom is -0.391 e. The highest BCUT2D eigenvalue weighted by molar-refractivity contribution is 5.04. The number of aliphatic hydroxyl groups is 1.